The Balaban J connectivity index is 1.72. The average Bonchev–Trinajstić information content (AvgIpc) is 3.04. The van der Waals surface area contributed by atoms with Crippen molar-refractivity contribution in [2.75, 3.05) is 26.8 Å². The molecule has 1 saturated heterocycles. The van der Waals surface area contributed by atoms with Crippen LogP contribution in [0.4, 0.5) is 0 Å². The summed E-state index contributed by atoms with van der Waals surface area (Å²) in [6.07, 6.45) is 4.04. The van der Waals surface area contributed by atoms with Gasteiger partial charge in [0.2, 0.25) is 5.91 Å². The van der Waals surface area contributed by atoms with Gasteiger partial charge in [-0.2, -0.15) is 0 Å². The molecule has 0 aromatic carbocycles. The number of nitrogens with zero attached hydrogens (tertiary/aromatic N) is 3. The number of thiazole rings is 1. The molecule has 1 fully saturated rings. The molecule has 3 heterocycles. The molecule has 0 N–H and O–H groups in total. The number of ether oxygens (including phenoxy) is 1. The van der Waals surface area contributed by atoms with Crippen molar-refractivity contribution in [1.29, 1.82) is 0 Å². The molecule has 0 unspecified atom stereocenters. The number of imidazole rings is 1. The normalized spacial score (nSPS) is 17.0. The van der Waals surface area contributed by atoms with Crippen LogP contribution in [0, 0.1) is 6.92 Å². The van der Waals surface area contributed by atoms with Crippen LogP contribution >= 0.6 is 11.3 Å². The Morgan fingerprint density at radius 2 is 2.25 bits per heavy atom. The third-order valence-corrected chi connectivity index (χ3v) is 4.85. The fourth-order valence-corrected chi connectivity index (χ4v) is 3.83. The molecule has 0 bridgehead atoms. The first kappa shape index (κ1) is 13.6. The van der Waals surface area contributed by atoms with Crippen LogP contribution in [0.2, 0.25) is 0 Å². The quantitative estimate of drug-likeness (QED) is 0.870. The highest BCUT2D eigenvalue weighted by molar-refractivity contribution is 7.15. The van der Waals surface area contributed by atoms with Crippen LogP contribution in [0.5, 0.6) is 0 Å². The first-order valence-electron chi connectivity index (χ1n) is 6.89. The molecule has 1 aliphatic heterocycles. The molecule has 0 saturated carbocycles. The van der Waals surface area contributed by atoms with E-state index >= 15 is 0 Å². The van der Waals surface area contributed by atoms with Gasteiger partial charge in [0.1, 0.15) is 17.3 Å². The van der Waals surface area contributed by atoms with Gasteiger partial charge in [-0.05, 0) is 19.8 Å². The van der Waals surface area contributed by atoms with Crippen molar-refractivity contribution in [2.24, 2.45) is 0 Å². The number of aromatic nitrogens is 2. The minimum Gasteiger partial charge on any atom is -0.375 e. The number of hydrogen-bond donors (Lipinski definition) is 0. The summed E-state index contributed by atoms with van der Waals surface area (Å²) in [6.45, 7) is 3.83. The Kier molecular flexibility index (Phi) is 3.76. The van der Waals surface area contributed by atoms with Crippen LogP contribution in [0.1, 0.15) is 30.3 Å². The van der Waals surface area contributed by atoms with Gasteiger partial charge in [-0.3, -0.25) is 9.20 Å². The second kappa shape index (κ2) is 5.54. The molecule has 0 radical (unpaired) electrons. The van der Waals surface area contributed by atoms with E-state index in [-0.39, 0.29) is 12.5 Å². The number of hydrogen-bond acceptors (Lipinski definition) is 4. The lowest BCUT2D eigenvalue weighted by Crippen LogP contribution is -2.39. The number of piperidine rings is 1. The molecule has 108 valence electrons. The Bertz CT molecular complexity index is 611. The van der Waals surface area contributed by atoms with E-state index in [4.69, 9.17) is 9.72 Å². The number of likely N-dealkylation sites (tertiary alicyclic amines) is 1. The molecule has 20 heavy (non-hydrogen) atoms. The minimum atomic E-state index is 0.0910. The molecule has 1 aliphatic rings. The zero-order valence-corrected chi connectivity index (χ0v) is 12.7. The van der Waals surface area contributed by atoms with E-state index in [1.54, 1.807) is 18.4 Å². The SMILES string of the molecule is COCC(=O)N1CCC(c2nc(C)n3ccsc23)CC1. The largest absolute Gasteiger partial charge is 0.375 e. The predicted molar refractivity (Wildman–Crippen MR) is 78.2 cm³/mol. The molecular weight excluding hydrogens is 274 g/mol. The number of fused-ring (bicyclic) bond motifs is 1. The second-order valence-electron chi connectivity index (χ2n) is 5.21. The number of rotatable bonds is 3. The average molecular weight is 293 g/mol. The van der Waals surface area contributed by atoms with Gasteiger partial charge in [-0.15, -0.1) is 11.3 Å². The first-order chi connectivity index (χ1) is 9.70. The van der Waals surface area contributed by atoms with Crippen LogP contribution in [0.25, 0.3) is 4.83 Å². The lowest BCUT2D eigenvalue weighted by atomic mass is 9.94. The Labute approximate surface area is 122 Å². The fraction of sp³-hybridized carbons (Fsp3) is 0.571. The van der Waals surface area contributed by atoms with E-state index < -0.39 is 0 Å². The van der Waals surface area contributed by atoms with Gasteiger partial charge in [-0.1, -0.05) is 0 Å². The zero-order chi connectivity index (χ0) is 14.1. The number of carbonyl (C=O) groups excluding carboxylic acids is 1. The van der Waals surface area contributed by atoms with E-state index in [0.29, 0.717) is 5.92 Å². The molecular formula is C14H19N3O2S. The Morgan fingerprint density at radius 1 is 1.50 bits per heavy atom. The molecule has 5 nitrogen and oxygen atoms in total. The van der Waals surface area contributed by atoms with Crippen molar-refractivity contribution in [3.05, 3.63) is 23.1 Å². The monoisotopic (exact) mass is 293 g/mol. The van der Waals surface area contributed by atoms with Crippen LogP contribution in [-0.4, -0.2) is 47.0 Å². The van der Waals surface area contributed by atoms with Crippen LogP contribution in [0.15, 0.2) is 11.6 Å². The van der Waals surface area contributed by atoms with E-state index in [1.165, 1.54) is 10.5 Å². The molecule has 0 aliphatic carbocycles. The van der Waals surface area contributed by atoms with Crippen molar-refractivity contribution in [2.45, 2.75) is 25.7 Å². The van der Waals surface area contributed by atoms with Crippen LogP contribution in [-0.2, 0) is 9.53 Å². The summed E-state index contributed by atoms with van der Waals surface area (Å²) in [5.41, 5.74) is 1.20. The highest BCUT2D eigenvalue weighted by Gasteiger charge is 2.27. The van der Waals surface area contributed by atoms with Crippen LogP contribution < -0.4 is 0 Å². The first-order valence-corrected chi connectivity index (χ1v) is 7.77. The molecule has 0 atom stereocenters. The lowest BCUT2D eigenvalue weighted by Gasteiger charge is -2.31. The van der Waals surface area contributed by atoms with Gasteiger partial charge in [0, 0.05) is 37.7 Å². The van der Waals surface area contributed by atoms with Gasteiger partial charge in [0.15, 0.2) is 0 Å². The van der Waals surface area contributed by atoms with Crippen molar-refractivity contribution in [3.8, 4) is 0 Å². The van der Waals surface area contributed by atoms with E-state index in [9.17, 15) is 4.79 Å². The molecule has 2 aromatic heterocycles. The van der Waals surface area contributed by atoms with Crippen molar-refractivity contribution < 1.29 is 9.53 Å². The highest BCUT2D eigenvalue weighted by atomic mass is 32.1. The maximum absolute atomic E-state index is 11.8. The maximum Gasteiger partial charge on any atom is 0.248 e. The smallest absolute Gasteiger partial charge is 0.248 e. The second-order valence-corrected chi connectivity index (χ2v) is 6.11. The van der Waals surface area contributed by atoms with Gasteiger partial charge in [0.05, 0.1) is 5.69 Å². The lowest BCUT2D eigenvalue weighted by molar-refractivity contribution is -0.136. The van der Waals surface area contributed by atoms with E-state index in [0.717, 1.165) is 31.8 Å². The molecule has 6 heteroatoms. The highest BCUT2D eigenvalue weighted by Crippen LogP contribution is 2.32. The summed E-state index contributed by atoms with van der Waals surface area (Å²) in [7, 11) is 1.56. The third-order valence-electron chi connectivity index (χ3n) is 3.96. The predicted octanol–water partition coefficient (Wildman–Crippen LogP) is 2.06. The fourth-order valence-electron chi connectivity index (χ4n) is 2.88. The molecule has 3 rings (SSSR count). The Hall–Kier alpha value is -1.40. The number of amides is 1. The summed E-state index contributed by atoms with van der Waals surface area (Å²) in [5.74, 6) is 1.60. The van der Waals surface area contributed by atoms with Gasteiger partial charge in [0.25, 0.3) is 0 Å². The van der Waals surface area contributed by atoms with Crippen molar-refractivity contribution in [1.82, 2.24) is 14.3 Å². The zero-order valence-electron chi connectivity index (χ0n) is 11.8. The molecule has 1 amide bonds. The van der Waals surface area contributed by atoms with E-state index in [1.807, 2.05) is 11.8 Å². The van der Waals surface area contributed by atoms with Gasteiger partial charge in [-0.25, -0.2) is 4.98 Å². The van der Waals surface area contributed by atoms with Gasteiger partial charge < -0.3 is 9.64 Å². The summed E-state index contributed by atoms with van der Waals surface area (Å²) in [6, 6.07) is 0. The Morgan fingerprint density at radius 3 is 2.95 bits per heavy atom. The minimum absolute atomic E-state index is 0.0910. The number of aryl methyl sites for hydroxylation is 1. The number of carbonyl (C=O) groups is 1. The third kappa shape index (κ3) is 2.33. The summed E-state index contributed by atoms with van der Waals surface area (Å²) in [4.78, 5) is 19.7. The van der Waals surface area contributed by atoms with E-state index in [2.05, 4.69) is 16.0 Å². The summed E-state index contributed by atoms with van der Waals surface area (Å²) in [5, 5.41) is 2.10. The number of methoxy groups -OCH3 is 1. The summed E-state index contributed by atoms with van der Waals surface area (Å²) >= 11 is 1.74. The van der Waals surface area contributed by atoms with Crippen LogP contribution in [0.3, 0.4) is 0 Å². The standard InChI is InChI=1S/C14H19N3O2S/c1-10-15-13(14-17(10)7-8-20-14)11-3-5-16(6-4-11)12(18)9-19-2/h7-8,11H,3-6,9H2,1-2H3. The van der Waals surface area contributed by atoms with Crippen molar-refractivity contribution in [3.63, 3.8) is 0 Å². The summed E-state index contributed by atoms with van der Waals surface area (Å²) < 4.78 is 7.07. The maximum atomic E-state index is 11.8. The van der Waals surface area contributed by atoms with Crippen molar-refractivity contribution >= 4 is 22.1 Å². The molecule has 2 aromatic rings. The van der Waals surface area contributed by atoms with Gasteiger partial charge >= 0.3 is 0 Å². The molecule has 0 spiro atoms. The topological polar surface area (TPSA) is 46.8 Å².